The van der Waals surface area contributed by atoms with Crippen LogP contribution in [0.4, 0.5) is 0 Å². The summed E-state index contributed by atoms with van der Waals surface area (Å²) in [5.41, 5.74) is 0. The lowest BCUT2D eigenvalue weighted by Gasteiger charge is -2.28. The van der Waals surface area contributed by atoms with Gasteiger partial charge in [-0.3, -0.25) is 4.90 Å². The van der Waals surface area contributed by atoms with Crippen LogP contribution in [0.25, 0.3) is 0 Å². The Morgan fingerprint density at radius 1 is 1.43 bits per heavy atom. The minimum Gasteiger partial charge on any atom is -0.389 e. The molecule has 1 fully saturated rings. The van der Waals surface area contributed by atoms with Crippen molar-refractivity contribution >= 4 is 0 Å². The molecule has 0 spiro atoms. The van der Waals surface area contributed by atoms with Gasteiger partial charge in [0.25, 0.3) is 0 Å². The van der Waals surface area contributed by atoms with E-state index in [0.717, 1.165) is 19.0 Å². The van der Waals surface area contributed by atoms with Gasteiger partial charge in [-0.05, 0) is 32.6 Å². The second kappa shape index (κ2) is 5.69. The Morgan fingerprint density at radius 3 is 2.50 bits per heavy atom. The molecular weight excluding hydrogens is 178 g/mol. The number of hydrogen-bond acceptors (Lipinski definition) is 3. The van der Waals surface area contributed by atoms with Gasteiger partial charge >= 0.3 is 0 Å². The van der Waals surface area contributed by atoms with Crippen molar-refractivity contribution in [2.45, 2.75) is 38.8 Å². The summed E-state index contributed by atoms with van der Waals surface area (Å²) < 4.78 is 4.93. The van der Waals surface area contributed by atoms with Gasteiger partial charge < -0.3 is 9.84 Å². The van der Waals surface area contributed by atoms with Crippen molar-refractivity contribution < 1.29 is 9.84 Å². The summed E-state index contributed by atoms with van der Waals surface area (Å²) in [5, 5.41) is 9.64. The first-order valence-electron chi connectivity index (χ1n) is 5.54. The van der Waals surface area contributed by atoms with Crippen molar-refractivity contribution in [3.63, 3.8) is 0 Å². The predicted octanol–water partition coefficient (Wildman–Crippen LogP) is 1.11. The molecule has 0 heterocycles. The molecule has 0 aliphatic heterocycles. The Labute approximate surface area is 87.1 Å². The maximum Gasteiger partial charge on any atom is 0.0900 e. The lowest BCUT2D eigenvalue weighted by molar-refractivity contribution is 0.0290. The Hall–Kier alpha value is -0.120. The maximum absolute atomic E-state index is 9.64. The van der Waals surface area contributed by atoms with Crippen LogP contribution in [-0.4, -0.2) is 49.0 Å². The van der Waals surface area contributed by atoms with E-state index >= 15 is 0 Å². The molecule has 0 radical (unpaired) electrons. The van der Waals surface area contributed by atoms with E-state index in [4.69, 9.17) is 4.74 Å². The average molecular weight is 201 g/mol. The van der Waals surface area contributed by atoms with Gasteiger partial charge in [-0.1, -0.05) is 0 Å². The number of methoxy groups -OCH3 is 1. The smallest absolute Gasteiger partial charge is 0.0900 e. The summed E-state index contributed by atoms with van der Waals surface area (Å²) in [5.74, 6) is 0.882. The normalized spacial score (nSPS) is 19.3. The first-order valence-corrected chi connectivity index (χ1v) is 5.54. The molecule has 1 unspecified atom stereocenters. The predicted molar refractivity (Wildman–Crippen MR) is 57.3 cm³/mol. The van der Waals surface area contributed by atoms with Crippen LogP contribution < -0.4 is 0 Å². The fourth-order valence-corrected chi connectivity index (χ4v) is 1.64. The van der Waals surface area contributed by atoms with Crippen molar-refractivity contribution in [3.8, 4) is 0 Å². The molecule has 1 N–H and O–H groups in total. The number of aliphatic hydroxyl groups excluding tert-OH is 1. The van der Waals surface area contributed by atoms with Gasteiger partial charge in [-0.2, -0.15) is 0 Å². The Kier molecular flexibility index (Phi) is 4.85. The van der Waals surface area contributed by atoms with E-state index in [2.05, 4.69) is 18.7 Å². The molecule has 1 atom stereocenters. The lowest BCUT2D eigenvalue weighted by atomic mass is 10.2. The molecule has 1 aliphatic rings. The first-order chi connectivity index (χ1) is 6.63. The van der Waals surface area contributed by atoms with E-state index < -0.39 is 0 Å². The first kappa shape index (κ1) is 12.0. The summed E-state index contributed by atoms with van der Waals surface area (Å²) >= 11 is 0. The summed E-state index contributed by atoms with van der Waals surface area (Å²) in [4.78, 5) is 2.35. The highest BCUT2D eigenvalue weighted by molar-refractivity contribution is 4.79. The van der Waals surface area contributed by atoms with Crippen molar-refractivity contribution in [1.82, 2.24) is 4.90 Å². The van der Waals surface area contributed by atoms with Crippen LogP contribution in [0.5, 0.6) is 0 Å². The van der Waals surface area contributed by atoms with Crippen molar-refractivity contribution in [2.75, 3.05) is 26.8 Å². The molecule has 0 aromatic heterocycles. The molecule has 14 heavy (non-hydrogen) atoms. The highest BCUT2D eigenvalue weighted by atomic mass is 16.5. The van der Waals surface area contributed by atoms with Crippen LogP contribution in [0.15, 0.2) is 0 Å². The van der Waals surface area contributed by atoms with Crippen LogP contribution >= 0.6 is 0 Å². The SMILES string of the molecule is COCC(O)CN(CC1CC1)C(C)C. The van der Waals surface area contributed by atoms with Crippen LogP contribution in [0.3, 0.4) is 0 Å². The summed E-state index contributed by atoms with van der Waals surface area (Å²) in [6.45, 7) is 6.68. The van der Waals surface area contributed by atoms with Crippen LogP contribution in [0.2, 0.25) is 0 Å². The quantitative estimate of drug-likeness (QED) is 0.670. The topological polar surface area (TPSA) is 32.7 Å². The van der Waals surface area contributed by atoms with Crippen LogP contribution in [-0.2, 0) is 4.74 Å². The zero-order valence-electron chi connectivity index (χ0n) is 9.57. The van der Waals surface area contributed by atoms with Gasteiger partial charge in [0, 0.05) is 26.2 Å². The van der Waals surface area contributed by atoms with Gasteiger partial charge in [0.15, 0.2) is 0 Å². The third kappa shape index (κ3) is 4.40. The molecule has 3 nitrogen and oxygen atoms in total. The lowest BCUT2D eigenvalue weighted by Crippen LogP contribution is -2.40. The highest BCUT2D eigenvalue weighted by Gasteiger charge is 2.26. The monoisotopic (exact) mass is 201 g/mol. The van der Waals surface area contributed by atoms with E-state index in [1.807, 2.05) is 0 Å². The Morgan fingerprint density at radius 2 is 2.07 bits per heavy atom. The van der Waals surface area contributed by atoms with Gasteiger partial charge in [0.2, 0.25) is 0 Å². The summed E-state index contributed by atoms with van der Waals surface area (Å²) in [6, 6.07) is 0.516. The molecule has 1 saturated carbocycles. The molecule has 1 rings (SSSR count). The van der Waals surface area contributed by atoms with Gasteiger partial charge in [0.05, 0.1) is 12.7 Å². The van der Waals surface area contributed by atoms with E-state index in [1.165, 1.54) is 12.8 Å². The van der Waals surface area contributed by atoms with E-state index in [-0.39, 0.29) is 6.10 Å². The van der Waals surface area contributed by atoms with Gasteiger partial charge in [-0.25, -0.2) is 0 Å². The van der Waals surface area contributed by atoms with E-state index in [0.29, 0.717) is 12.6 Å². The van der Waals surface area contributed by atoms with Gasteiger partial charge in [-0.15, -0.1) is 0 Å². The van der Waals surface area contributed by atoms with Gasteiger partial charge in [0.1, 0.15) is 0 Å². The molecule has 1 aliphatic carbocycles. The molecule has 0 aromatic rings. The number of ether oxygens (including phenoxy) is 1. The standard InChI is InChI=1S/C11H23NO2/c1-9(2)12(6-10-4-5-10)7-11(13)8-14-3/h9-11,13H,4-8H2,1-3H3. The number of hydrogen-bond donors (Lipinski definition) is 1. The van der Waals surface area contributed by atoms with Crippen molar-refractivity contribution in [2.24, 2.45) is 5.92 Å². The Balaban J connectivity index is 2.25. The number of nitrogens with zero attached hydrogens (tertiary/aromatic N) is 1. The average Bonchev–Trinajstić information content (AvgIpc) is 2.87. The zero-order valence-corrected chi connectivity index (χ0v) is 9.57. The number of aliphatic hydroxyl groups is 1. The second-order valence-corrected chi connectivity index (χ2v) is 4.60. The second-order valence-electron chi connectivity index (χ2n) is 4.60. The van der Waals surface area contributed by atoms with Crippen LogP contribution in [0.1, 0.15) is 26.7 Å². The molecule has 0 bridgehead atoms. The minimum atomic E-state index is -0.346. The molecular formula is C11H23NO2. The van der Waals surface area contributed by atoms with Crippen molar-refractivity contribution in [3.05, 3.63) is 0 Å². The maximum atomic E-state index is 9.64. The molecule has 0 amide bonds. The fraction of sp³-hybridized carbons (Fsp3) is 1.00. The third-order valence-corrected chi connectivity index (χ3v) is 2.72. The molecule has 0 aromatic carbocycles. The largest absolute Gasteiger partial charge is 0.389 e. The van der Waals surface area contributed by atoms with Crippen LogP contribution in [0, 0.1) is 5.92 Å². The van der Waals surface area contributed by atoms with E-state index in [1.54, 1.807) is 7.11 Å². The molecule has 3 heteroatoms. The Bertz CT molecular complexity index is 157. The minimum absolute atomic E-state index is 0.346. The molecule has 0 saturated heterocycles. The number of rotatable bonds is 7. The fourth-order valence-electron chi connectivity index (χ4n) is 1.64. The zero-order chi connectivity index (χ0) is 10.6. The highest BCUT2D eigenvalue weighted by Crippen LogP contribution is 2.30. The van der Waals surface area contributed by atoms with E-state index in [9.17, 15) is 5.11 Å². The summed E-state index contributed by atoms with van der Waals surface area (Å²) in [6.07, 6.45) is 2.38. The third-order valence-electron chi connectivity index (χ3n) is 2.72. The summed E-state index contributed by atoms with van der Waals surface area (Å²) in [7, 11) is 1.63. The van der Waals surface area contributed by atoms with Crippen molar-refractivity contribution in [1.29, 1.82) is 0 Å². The molecule has 84 valence electrons.